The first-order valence-electron chi connectivity index (χ1n) is 11.8. The van der Waals surface area contributed by atoms with Crippen LogP contribution in [-0.4, -0.2) is 42.9 Å². The highest BCUT2D eigenvalue weighted by Crippen LogP contribution is 2.61. The molecule has 1 spiro atoms. The fourth-order valence-corrected chi connectivity index (χ4v) is 6.37. The van der Waals surface area contributed by atoms with Crippen LogP contribution in [0, 0.1) is 16.9 Å². The molecule has 1 saturated heterocycles. The number of hydrogen-bond acceptors (Lipinski definition) is 6. The molecule has 5 rings (SSSR count). The highest BCUT2D eigenvalue weighted by Gasteiger charge is 2.58. The summed E-state index contributed by atoms with van der Waals surface area (Å²) in [6, 6.07) is 8.60. The van der Waals surface area contributed by atoms with Crippen molar-refractivity contribution in [2.24, 2.45) is 10.4 Å². The first kappa shape index (κ1) is 25.0. The standard InChI is InChI=1S/C25H25Cl2N5O3S/c26-17-13-16(1-2-18(17)32-10-12-35-11-5-21(32)29-15-28)30-23(34)25(9-8-24(14-25)6-7-24)31-22(33)19-3-4-20(27)36-19/h1-4,13H,5-12,14H2,(H,30,34)(H,31,33). The van der Waals surface area contributed by atoms with Crippen LogP contribution >= 0.6 is 34.5 Å². The normalized spacial score (nSPS) is 23.8. The number of amidine groups is 1. The minimum absolute atomic E-state index is 0.143. The maximum absolute atomic E-state index is 13.6. The molecule has 1 aromatic heterocycles. The lowest BCUT2D eigenvalue weighted by molar-refractivity contribution is -0.122. The largest absolute Gasteiger partial charge is 0.379 e. The topological polar surface area (TPSA) is 107 Å². The molecule has 2 aromatic rings. The van der Waals surface area contributed by atoms with Crippen LogP contribution in [0.2, 0.25) is 9.36 Å². The molecule has 2 saturated carbocycles. The molecule has 11 heteroatoms. The number of aliphatic imine (C=N–C) groups is 1. The molecule has 8 nitrogen and oxygen atoms in total. The van der Waals surface area contributed by atoms with Crippen LogP contribution in [0.25, 0.3) is 0 Å². The minimum Gasteiger partial charge on any atom is -0.379 e. The zero-order valence-corrected chi connectivity index (χ0v) is 21.8. The molecule has 188 valence electrons. The number of thiophene rings is 1. The third-order valence-electron chi connectivity index (χ3n) is 7.22. The van der Waals surface area contributed by atoms with Crippen molar-refractivity contribution >= 4 is 63.6 Å². The van der Waals surface area contributed by atoms with Crippen molar-refractivity contribution in [3.05, 3.63) is 44.6 Å². The Morgan fingerprint density at radius 2 is 1.94 bits per heavy atom. The summed E-state index contributed by atoms with van der Waals surface area (Å²) in [4.78, 5) is 32.9. The zero-order chi connectivity index (χ0) is 25.3. The van der Waals surface area contributed by atoms with E-state index in [9.17, 15) is 9.59 Å². The minimum atomic E-state index is -0.996. The molecule has 0 bridgehead atoms. The number of amides is 2. The van der Waals surface area contributed by atoms with Gasteiger partial charge in [0.25, 0.3) is 5.91 Å². The van der Waals surface area contributed by atoms with Crippen molar-refractivity contribution in [2.75, 3.05) is 30.0 Å². The van der Waals surface area contributed by atoms with E-state index in [1.807, 2.05) is 11.1 Å². The summed E-state index contributed by atoms with van der Waals surface area (Å²) in [7, 11) is 0. The second-order valence-corrected chi connectivity index (χ2v) is 11.7. The third-order valence-corrected chi connectivity index (χ3v) is 8.75. The number of hydrogen-bond donors (Lipinski definition) is 2. The number of halogens is 2. The lowest BCUT2D eigenvalue weighted by atomic mass is 9.93. The number of nitriles is 1. The van der Waals surface area contributed by atoms with Crippen molar-refractivity contribution in [2.45, 2.75) is 44.1 Å². The van der Waals surface area contributed by atoms with Crippen molar-refractivity contribution in [1.82, 2.24) is 5.32 Å². The van der Waals surface area contributed by atoms with Crippen LogP contribution in [0.4, 0.5) is 11.4 Å². The van der Waals surface area contributed by atoms with E-state index in [2.05, 4.69) is 15.6 Å². The van der Waals surface area contributed by atoms with Gasteiger partial charge in [-0.15, -0.1) is 11.3 Å². The van der Waals surface area contributed by atoms with E-state index in [0.29, 0.717) is 70.5 Å². The Kier molecular flexibility index (Phi) is 6.97. The van der Waals surface area contributed by atoms with Gasteiger partial charge in [-0.1, -0.05) is 23.2 Å². The summed E-state index contributed by atoms with van der Waals surface area (Å²) < 4.78 is 6.05. The van der Waals surface area contributed by atoms with Crippen LogP contribution in [0.1, 0.15) is 48.2 Å². The molecule has 2 aliphatic carbocycles. The lowest BCUT2D eigenvalue weighted by Gasteiger charge is -2.30. The van der Waals surface area contributed by atoms with Crippen molar-refractivity contribution in [1.29, 1.82) is 5.26 Å². The summed E-state index contributed by atoms with van der Waals surface area (Å²) in [6.07, 6.45) is 6.61. The summed E-state index contributed by atoms with van der Waals surface area (Å²) in [5.41, 5.74) is 0.363. The van der Waals surface area contributed by atoms with Gasteiger partial charge < -0.3 is 20.3 Å². The Morgan fingerprint density at radius 1 is 1.14 bits per heavy atom. The van der Waals surface area contributed by atoms with Crippen molar-refractivity contribution in [3.8, 4) is 6.19 Å². The molecular formula is C25H25Cl2N5O3S. The van der Waals surface area contributed by atoms with E-state index in [0.717, 1.165) is 19.3 Å². The smallest absolute Gasteiger partial charge is 0.262 e. The summed E-state index contributed by atoms with van der Waals surface area (Å²) in [5.74, 6) is 0.0477. The van der Waals surface area contributed by atoms with Gasteiger partial charge in [-0.05, 0) is 67.9 Å². The predicted molar refractivity (Wildman–Crippen MR) is 141 cm³/mol. The van der Waals surface area contributed by atoms with E-state index in [4.69, 9.17) is 33.2 Å². The van der Waals surface area contributed by atoms with Crippen LogP contribution in [0.15, 0.2) is 35.3 Å². The molecule has 1 atom stereocenters. The zero-order valence-electron chi connectivity index (χ0n) is 19.5. The van der Waals surface area contributed by atoms with E-state index in [-0.39, 0.29) is 17.2 Å². The number of benzene rings is 1. The molecule has 36 heavy (non-hydrogen) atoms. The maximum atomic E-state index is 13.6. The average molecular weight is 546 g/mol. The number of nitrogens with one attached hydrogen (secondary N) is 2. The van der Waals surface area contributed by atoms with E-state index in [1.165, 1.54) is 11.3 Å². The second kappa shape index (κ2) is 10.0. The highest BCUT2D eigenvalue weighted by atomic mass is 35.5. The van der Waals surface area contributed by atoms with E-state index < -0.39 is 5.54 Å². The lowest BCUT2D eigenvalue weighted by Crippen LogP contribution is -2.55. The molecule has 2 heterocycles. The molecule has 1 aromatic carbocycles. The fraction of sp³-hybridized carbons (Fsp3) is 0.440. The van der Waals surface area contributed by atoms with E-state index in [1.54, 1.807) is 30.3 Å². The van der Waals surface area contributed by atoms with Gasteiger partial charge in [0.1, 0.15) is 11.4 Å². The highest BCUT2D eigenvalue weighted by molar-refractivity contribution is 7.18. The Hall–Kier alpha value is -2.64. The van der Waals surface area contributed by atoms with Gasteiger partial charge in [0, 0.05) is 18.7 Å². The second-order valence-electron chi connectivity index (χ2n) is 9.58. The van der Waals surface area contributed by atoms with Crippen LogP contribution < -0.4 is 15.5 Å². The monoisotopic (exact) mass is 545 g/mol. The predicted octanol–water partition coefficient (Wildman–Crippen LogP) is 5.23. The van der Waals surface area contributed by atoms with Gasteiger partial charge >= 0.3 is 0 Å². The Balaban J connectivity index is 1.36. The average Bonchev–Trinajstić information content (AvgIpc) is 3.39. The Labute approximate surface area is 223 Å². The molecule has 2 N–H and O–H groups in total. The Bertz CT molecular complexity index is 1270. The molecule has 1 aliphatic heterocycles. The first-order valence-corrected chi connectivity index (χ1v) is 13.4. The molecule has 2 amide bonds. The molecule has 0 radical (unpaired) electrons. The van der Waals surface area contributed by atoms with Gasteiger partial charge in [0.05, 0.1) is 33.1 Å². The first-order chi connectivity index (χ1) is 17.3. The Morgan fingerprint density at radius 3 is 2.61 bits per heavy atom. The SMILES string of the molecule is N#CN=C1CCOCCN1c1ccc(NC(=O)C2(NC(=O)c3ccc(Cl)s3)CCC3(CC3)C2)cc1Cl. The number of carbonyl (C=O) groups is 2. The van der Waals surface area contributed by atoms with Gasteiger partial charge in [-0.2, -0.15) is 10.3 Å². The summed E-state index contributed by atoms with van der Waals surface area (Å²) >= 11 is 13.8. The molecule has 1 unspecified atom stereocenters. The third kappa shape index (κ3) is 5.09. The molecule has 3 aliphatic rings. The number of carbonyl (C=O) groups excluding carboxylic acids is 2. The summed E-state index contributed by atoms with van der Waals surface area (Å²) in [5, 5.41) is 15.5. The maximum Gasteiger partial charge on any atom is 0.262 e. The fourth-order valence-electron chi connectivity index (χ4n) is 5.14. The molecular weight excluding hydrogens is 521 g/mol. The van der Waals surface area contributed by atoms with Crippen LogP contribution in [0.5, 0.6) is 0 Å². The van der Waals surface area contributed by atoms with Gasteiger partial charge in [-0.25, -0.2) is 0 Å². The number of nitrogens with zero attached hydrogens (tertiary/aromatic N) is 3. The van der Waals surface area contributed by atoms with Crippen molar-refractivity contribution in [3.63, 3.8) is 0 Å². The van der Waals surface area contributed by atoms with Gasteiger partial charge in [0.15, 0.2) is 0 Å². The van der Waals surface area contributed by atoms with Gasteiger partial charge in [-0.3, -0.25) is 9.59 Å². The summed E-state index contributed by atoms with van der Waals surface area (Å²) in [6.45, 7) is 1.48. The van der Waals surface area contributed by atoms with Crippen LogP contribution in [-0.2, 0) is 9.53 Å². The van der Waals surface area contributed by atoms with Crippen molar-refractivity contribution < 1.29 is 14.3 Å². The quantitative estimate of drug-likeness (QED) is 0.500. The van der Waals surface area contributed by atoms with Gasteiger partial charge in [0.2, 0.25) is 12.1 Å². The number of rotatable bonds is 5. The van der Waals surface area contributed by atoms with E-state index >= 15 is 0 Å². The molecule has 3 fully saturated rings. The van der Waals surface area contributed by atoms with Crippen LogP contribution in [0.3, 0.4) is 0 Å². The number of anilines is 2. The number of ether oxygens (including phenoxy) is 1.